The lowest BCUT2D eigenvalue weighted by atomic mass is 9.88. The van der Waals surface area contributed by atoms with Crippen LogP contribution in [0.4, 0.5) is 0 Å². The number of benzene rings is 1. The van der Waals surface area contributed by atoms with Crippen LogP contribution < -0.4 is 5.73 Å². The summed E-state index contributed by atoms with van der Waals surface area (Å²) in [5.41, 5.74) is 8.35. The Labute approximate surface area is 85.3 Å². The minimum Gasteiger partial charge on any atom is -0.321 e. The van der Waals surface area contributed by atoms with E-state index in [0.717, 1.165) is 18.4 Å². The van der Waals surface area contributed by atoms with Crippen molar-refractivity contribution < 1.29 is 0 Å². The summed E-state index contributed by atoms with van der Waals surface area (Å²) in [5.74, 6) is 2.65. The van der Waals surface area contributed by atoms with Gasteiger partial charge in [-0.1, -0.05) is 30.9 Å². The molecule has 1 saturated carbocycles. The zero-order valence-electron chi connectivity index (χ0n) is 8.29. The Morgan fingerprint density at radius 1 is 1.29 bits per heavy atom. The molecule has 72 valence electrons. The van der Waals surface area contributed by atoms with Crippen LogP contribution in [0.2, 0.25) is 0 Å². The average molecular weight is 185 g/mol. The monoisotopic (exact) mass is 185 g/mol. The van der Waals surface area contributed by atoms with Gasteiger partial charge in [0.2, 0.25) is 0 Å². The van der Waals surface area contributed by atoms with Crippen LogP contribution in [-0.2, 0) is 5.54 Å². The van der Waals surface area contributed by atoms with Gasteiger partial charge in [0.05, 0.1) is 0 Å². The van der Waals surface area contributed by atoms with Crippen molar-refractivity contribution in [2.24, 2.45) is 5.73 Å². The predicted octanol–water partition coefficient (Wildman–Crippen LogP) is 2.40. The fourth-order valence-corrected chi connectivity index (χ4v) is 2.21. The molecule has 0 heterocycles. The third-order valence-electron chi connectivity index (χ3n) is 3.10. The molecule has 0 radical (unpaired) electrons. The Morgan fingerprint density at radius 2 is 2.00 bits per heavy atom. The number of hydrogen-bond donors (Lipinski definition) is 1. The molecule has 0 unspecified atom stereocenters. The summed E-state index contributed by atoms with van der Waals surface area (Å²) in [6.07, 6.45) is 10.0. The highest BCUT2D eigenvalue weighted by Gasteiger charge is 2.30. The SMILES string of the molecule is C#Cc1cccc(C2(N)CCCC2)c1. The molecular formula is C13H15N. The first-order valence-electron chi connectivity index (χ1n) is 5.11. The van der Waals surface area contributed by atoms with Crippen LogP contribution in [0.3, 0.4) is 0 Å². The number of nitrogens with two attached hydrogens (primary N) is 1. The molecule has 1 aliphatic rings. The smallest absolute Gasteiger partial charge is 0.0410 e. The van der Waals surface area contributed by atoms with Gasteiger partial charge in [0.25, 0.3) is 0 Å². The Hall–Kier alpha value is -1.26. The van der Waals surface area contributed by atoms with Gasteiger partial charge in [0.15, 0.2) is 0 Å². The van der Waals surface area contributed by atoms with Crippen molar-refractivity contribution in [1.82, 2.24) is 0 Å². The van der Waals surface area contributed by atoms with E-state index in [0.29, 0.717) is 0 Å². The van der Waals surface area contributed by atoms with Gasteiger partial charge in [-0.05, 0) is 30.5 Å². The standard InChI is InChI=1S/C13H15N/c1-2-11-6-5-7-12(10-11)13(14)8-3-4-9-13/h1,5-7,10H,3-4,8-9,14H2. The molecule has 1 fully saturated rings. The summed E-state index contributed by atoms with van der Waals surface area (Å²) in [6.45, 7) is 0. The van der Waals surface area contributed by atoms with Gasteiger partial charge in [-0.15, -0.1) is 6.42 Å². The van der Waals surface area contributed by atoms with Crippen LogP contribution in [0.1, 0.15) is 36.8 Å². The highest BCUT2D eigenvalue weighted by molar-refractivity contribution is 5.38. The average Bonchev–Trinajstić information content (AvgIpc) is 2.67. The summed E-state index contributed by atoms with van der Waals surface area (Å²) in [6, 6.07) is 8.08. The fraction of sp³-hybridized carbons (Fsp3) is 0.385. The minimum atomic E-state index is -0.118. The second-order valence-electron chi connectivity index (χ2n) is 4.09. The third-order valence-corrected chi connectivity index (χ3v) is 3.10. The second kappa shape index (κ2) is 3.48. The number of terminal acetylenes is 1. The maximum Gasteiger partial charge on any atom is 0.0410 e. The molecule has 1 aliphatic carbocycles. The highest BCUT2D eigenvalue weighted by atomic mass is 14.8. The molecule has 2 rings (SSSR count). The number of rotatable bonds is 1. The largest absolute Gasteiger partial charge is 0.321 e. The summed E-state index contributed by atoms with van der Waals surface area (Å²) < 4.78 is 0. The lowest BCUT2D eigenvalue weighted by molar-refractivity contribution is 0.461. The van der Waals surface area contributed by atoms with E-state index in [-0.39, 0.29) is 5.54 Å². The Bertz CT molecular complexity index is 367. The van der Waals surface area contributed by atoms with Crippen molar-refractivity contribution in [3.8, 4) is 12.3 Å². The zero-order chi connectivity index (χ0) is 10.0. The summed E-state index contributed by atoms with van der Waals surface area (Å²) >= 11 is 0. The Kier molecular flexibility index (Phi) is 2.31. The molecule has 0 bridgehead atoms. The zero-order valence-corrected chi connectivity index (χ0v) is 8.29. The van der Waals surface area contributed by atoms with E-state index in [9.17, 15) is 0 Å². The molecule has 1 aromatic carbocycles. The van der Waals surface area contributed by atoms with E-state index in [1.54, 1.807) is 0 Å². The summed E-state index contributed by atoms with van der Waals surface area (Å²) in [7, 11) is 0. The van der Waals surface area contributed by atoms with E-state index < -0.39 is 0 Å². The van der Waals surface area contributed by atoms with Crippen molar-refractivity contribution >= 4 is 0 Å². The quantitative estimate of drug-likeness (QED) is 0.668. The highest BCUT2D eigenvalue weighted by Crippen LogP contribution is 2.36. The van der Waals surface area contributed by atoms with Crippen molar-refractivity contribution in [3.05, 3.63) is 35.4 Å². The first-order chi connectivity index (χ1) is 6.74. The summed E-state index contributed by atoms with van der Waals surface area (Å²) in [5, 5.41) is 0. The molecule has 0 spiro atoms. The lowest BCUT2D eigenvalue weighted by Crippen LogP contribution is -2.33. The molecule has 14 heavy (non-hydrogen) atoms. The molecule has 0 atom stereocenters. The maximum absolute atomic E-state index is 6.34. The fourth-order valence-electron chi connectivity index (χ4n) is 2.21. The van der Waals surface area contributed by atoms with Gasteiger partial charge in [-0.25, -0.2) is 0 Å². The van der Waals surface area contributed by atoms with Crippen molar-refractivity contribution in [2.75, 3.05) is 0 Å². The van der Waals surface area contributed by atoms with Gasteiger partial charge >= 0.3 is 0 Å². The molecule has 0 aromatic heterocycles. The Morgan fingerprint density at radius 3 is 2.64 bits per heavy atom. The van der Waals surface area contributed by atoms with Crippen molar-refractivity contribution in [1.29, 1.82) is 0 Å². The second-order valence-corrected chi connectivity index (χ2v) is 4.09. The van der Waals surface area contributed by atoms with Gasteiger partial charge in [-0.2, -0.15) is 0 Å². The Balaban J connectivity index is 2.36. The van der Waals surface area contributed by atoms with Crippen LogP contribution in [-0.4, -0.2) is 0 Å². The van der Waals surface area contributed by atoms with Crippen LogP contribution in [0.25, 0.3) is 0 Å². The van der Waals surface area contributed by atoms with E-state index in [2.05, 4.69) is 12.0 Å². The third kappa shape index (κ3) is 1.54. The normalized spacial score (nSPS) is 19.1. The van der Waals surface area contributed by atoms with Crippen LogP contribution in [0.5, 0.6) is 0 Å². The molecule has 1 nitrogen and oxygen atoms in total. The molecular weight excluding hydrogens is 170 g/mol. The van der Waals surface area contributed by atoms with E-state index in [1.165, 1.54) is 18.4 Å². The summed E-state index contributed by atoms with van der Waals surface area (Å²) in [4.78, 5) is 0. The van der Waals surface area contributed by atoms with Crippen LogP contribution in [0, 0.1) is 12.3 Å². The molecule has 0 saturated heterocycles. The first-order valence-corrected chi connectivity index (χ1v) is 5.11. The maximum atomic E-state index is 6.34. The van der Waals surface area contributed by atoms with Gasteiger partial charge in [-0.3, -0.25) is 0 Å². The van der Waals surface area contributed by atoms with E-state index in [1.807, 2.05) is 18.2 Å². The van der Waals surface area contributed by atoms with Crippen LogP contribution in [0.15, 0.2) is 24.3 Å². The van der Waals surface area contributed by atoms with Crippen molar-refractivity contribution in [3.63, 3.8) is 0 Å². The predicted molar refractivity (Wildman–Crippen MR) is 58.7 cm³/mol. The molecule has 2 N–H and O–H groups in total. The molecule has 0 aliphatic heterocycles. The molecule has 1 aromatic rings. The first kappa shape index (κ1) is 9.30. The van der Waals surface area contributed by atoms with Gasteiger partial charge in [0.1, 0.15) is 0 Å². The molecule has 0 amide bonds. The number of hydrogen-bond acceptors (Lipinski definition) is 1. The van der Waals surface area contributed by atoms with E-state index >= 15 is 0 Å². The van der Waals surface area contributed by atoms with Crippen molar-refractivity contribution in [2.45, 2.75) is 31.2 Å². The molecule has 1 heteroatoms. The van der Waals surface area contributed by atoms with Gasteiger partial charge < -0.3 is 5.73 Å². The van der Waals surface area contributed by atoms with E-state index in [4.69, 9.17) is 12.2 Å². The van der Waals surface area contributed by atoms with Crippen LogP contribution >= 0.6 is 0 Å². The minimum absolute atomic E-state index is 0.118. The van der Waals surface area contributed by atoms with Gasteiger partial charge in [0, 0.05) is 11.1 Å². The lowest BCUT2D eigenvalue weighted by Gasteiger charge is -2.24. The topological polar surface area (TPSA) is 26.0 Å².